The van der Waals surface area contributed by atoms with E-state index in [1.165, 1.54) is 7.11 Å². The minimum atomic E-state index is -0.590. The highest BCUT2D eigenvalue weighted by Gasteiger charge is 1.93. The summed E-state index contributed by atoms with van der Waals surface area (Å²) >= 11 is 0. The van der Waals surface area contributed by atoms with Gasteiger partial charge >= 0.3 is 6.09 Å². The quantitative estimate of drug-likeness (QED) is 0.413. The smallest absolute Gasteiger partial charge is 0.427 e. The predicted octanol–water partition coefficient (Wildman–Crippen LogP) is -0.323. The van der Waals surface area contributed by atoms with Gasteiger partial charge in [0.05, 0.1) is 7.11 Å². The van der Waals surface area contributed by atoms with Crippen LogP contribution in [-0.4, -0.2) is 25.5 Å². The van der Waals surface area contributed by atoms with Crippen molar-refractivity contribution in [3.8, 4) is 0 Å². The van der Waals surface area contributed by atoms with E-state index < -0.39 is 6.09 Å². The highest BCUT2D eigenvalue weighted by molar-refractivity contribution is 5.84. The number of methoxy groups -OCH3 is 1. The summed E-state index contributed by atoms with van der Waals surface area (Å²) in [6.45, 7) is 2.03. The molecule has 0 saturated carbocycles. The second-order valence-electron chi connectivity index (χ2n) is 1.65. The molecule has 0 aromatic carbocycles. The van der Waals surface area contributed by atoms with Crippen molar-refractivity contribution in [3.63, 3.8) is 0 Å². The molecule has 58 valence electrons. The number of nitrogens with two attached hydrogens (primary N) is 1. The van der Waals surface area contributed by atoms with E-state index in [1.807, 2.05) is 0 Å². The first-order valence-electron chi connectivity index (χ1n) is 2.78. The third-order valence-electron chi connectivity index (χ3n) is 0.819. The molecule has 1 amide bonds. The molecular formula is C5H11N3O2. The molecule has 0 aliphatic heterocycles. The molecule has 3 N–H and O–H groups in total. The molecule has 0 spiro atoms. The van der Waals surface area contributed by atoms with Crippen LogP contribution in [0.25, 0.3) is 0 Å². The molecule has 0 aliphatic rings. The van der Waals surface area contributed by atoms with E-state index in [-0.39, 0.29) is 0 Å². The number of hydrogen-bond donors (Lipinski definition) is 2. The van der Waals surface area contributed by atoms with Gasteiger partial charge in [-0.05, 0) is 6.92 Å². The van der Waals surface area contributed by atoms with Crippen LogP contribution in [0.4, 0.5) is 4.79 Å². The summed E-state index contributed by atoms with van der Waals surface area (Å²) < 4.78 is 4.25. The van der Waals surface area contributed by atoms with Gasteiger partial charge in [-0.1, -0.05) is 0 Å². The Kier molecular flexibility index (Phi) is 4.23. The molecule has 0 radical (unpaired) electrons. The molecule has 0 fully saturated rings. The molecule has 0 saturated heterocycles. The van der Waals surface area contributed by atoms with Crippen LogP contribution in [0.2, 0.25) is 0 Å². The molecule has 0 heterocycles. The number of amides is 1. The Labute approximate surface area is 59.2 Å². The molecule has 0 aromatic rings. The van der Waals surface area contributed by atoms with Crippen molar-refractivity contribution >= 4 is 11.8 Å². The van der Waals surface area contributed by atoms with Gasteiger partial charge in [0.15, 0.2) is 0 Å². The summed E-state index contributed by atoms with van der Waals surface area (Å²) in [7, 11) is 1.27. The fourth-order valence-corrected chi connectivity index (χ4v) is 0.232. The van der Waals surface area contributed by atoms with E-state index >= 15 is 0 Å². The molecular weight excluding hydrogens is 134 g/mol. The van der Waals surface area contributed by atoms with Crippen LogP contribution in [0.3, 0.4) is 0 Å². The molecule has 0 aliphatic carbocycles. The van der Waals surface area contributed by atoms with E-state index in [4.69, 9.17) is 5.73 Å². The highest BCUT2D eigenvalue weighted by atomic mass is 16.5. The minimum absolute atomic E-state index is 0.323. The lowest BCUT2D eigenvalue weighted by atomic mass is 10.4. The van der Waals surface area contributed by atoms with Gasteiger partial charge in [-0.2, -0.15) is 5.10 Å². The number of hydrazone groups is 1. The first-order chi connectivity index (χ1) is 4.70. The summed E-state index contributed by atoms with van der Waals surface area (Å²) in [6, 6.07) is 0. The number of nitrogens with zero attached hydrogens (tertiary/aromatic N) is 1. The minimum Gasteiger partial charge on any atom is -0.452 e. The lowest BCUT2D eigenvalue weighted by Gasteiger charge is -1.97. The first-order valence-corrected chi connectivity index (χ1v) is 2.78. The zero-order valence-electron chi connectivity index (χ0n) is 6.05. The molecule has 0 aromatic heterocycles. The summed E-state index contributed by atoms with van der Waals surface area (Å²) in [5, 5.41) is 3.58. The second kappa shape index (κ2) is 4.75. The van der Waals surface area contributed by atoms with E-state index in [2.05, 4.69) is 15.3 Å². The van der Waals surface area contributed by atoms with Gasteiger partial charge in [0.2, 0.25) is 0 Å². The molecule has 10 heavy (non-hydrogen) atoms. The highest BCUT2D eigenvalue weighted by Crippen LogP contribution is 1.73. The topological polar surface area (TPSA) is 76.7 Å². The van der Waals surface area contributed by atoms with Crippen LogP contribution >= 0.6 is 0 Å². The Bertz CT molecular complexity index is 144. The third kappa shape index (κ3) is 3.85. The Morgan fingerprint density at radius 2 is 2.40 bits per heavy atom. The standard InChI is InChI=1S/C5H11N3O2/c1-4(3-6)7-8-5(9)10-2/h3,6H2,1-2H3,(H,8,9). The summed E-state index contributed by atoms with van der Waals surface area (Å²) in [6.07, 6.45) is -0.590. The zero-order chi connectivity index (χ0) is 7.98. The Morgan fingerprint density at radius 1 is 1.80 bits per heavy atom. The SMILES string of the molecule is COC(=O)NN=C(C)CN. The lowest BCUT2D eigenvalue weighted by molar-refractivity contribution is 0.171. The van der Waals surface area contributed by atoms with Crippen LogP contribution in [0, 0.1) is 0 Å². The summed E-state index contributed by atoms with van der Waals surface area (Å²) in [4.78, 5) is 10.4. The van der Waals surface area contributed by atoms with Gasteiger partial charge in [0.25, 0.3) is 0 Å². The normalized spacial score (nSPS) is 10.9. The zero-order valence-corrected chi connectivity index (χ0v) is 6.05. The van der Waals surface area contributed by atoms with E-state index in [1.54, 1.807) is 6.92 Å². The second-order valence-corrected chi connectivity index (χ2v) is 1.65. The number of hydrogen-bond acceptors (Lipinski definition) is 4. The monoisotopic (exact) mass is 145 g/mol. The number of rotatable bonds is 2. The van der Waals surface area contributed by atoms with Gasteiger partial charge in [-0.25, -0.2) is 10.2 Å². The molecule has 5 heteroatoms. The van der Waals surface area contributed by atoms with Crippen LogP contribution in [0.1, 0.15) is 6.92 Å². The Balaban J connectivity index is 3.61. The van der Waals surface area contributed by atoms with Crippen LogP contribution in [-0.2, 0) is 4.74 Å². The van der Waals surface area contributed by atoms with Crippen molar-refractivity contribution in [1.29, 1.82) is 0 Å². The van der Waals surface area contributed by atoms with Crippen molar-refractivity contribution in [2.75, 3.05) is 13.7 Å². The lowest BCUT2D eigenvalue weighted by Crippen LogP contribution is -2.21. The third-order valence-corrected chi connectivity index (χ3v) is 0.819. The Hall–Kier alpha value is -1.10. The molecule has 0 atom stereocenters. The van der Waals surface area contributed by atoms with Gasteiger partial charge in [-0.15, -0.1) is 0 Å². The molecule has 5 nitrogen and oxygen atoms in total. The number of carbonyl (C=O) groups excluding carboxylic acids is 1. The number of nitrogens with one attached hydrogen (secondary N) is 1. The van der Waals surface area contributed by atoms with Crippen molar-refractivity contribution in [3.05, 3.63) is 0 Å². The van der Waals surface area contributed by atoms with Crippen LogP contribution in [0.15, 0.2) is 5.10 Å². The largest absolute Gasteiger partial charge is 0.452 e. The van der Waals surface area contributed by atoms with E-state index in [0.717, 1.165) is 0 Å². The maximum Gasteiger partial charge on any atom is 0.427 e. The van der Waals surface area contributed by atoms with Crippen LogP contribution < -0.4 is 11.2 Å². The fourth-order valence-electron chi connectivity index (χ4n) is 0.232. The molecule has 0 bridgehead atoms. The summed E-state index contributed by atoms with van der Waals surface area (Å²) in [5.74, 6) is 0. The van der Waals surface area contributed by atoms with Crippen molar-refractivity contribution in [2.45, 2.75) is 6.92 Å². The molecule has 0 unspecified atom stereocenters. The Morgan fingerprint density at radius 3 is 2.80 bits per heavy atom. The van der Waals surface area contributed by atoms with E-state index in [9.17, 15) is 4.79 Å². The first kappa shape index (κ1) is 8.90. The summed E-state index contributed by atoms with van der Waals surface area (Å²) in [5.41, 5.74) is 7.95. The fraction of sp³-hybridized carbons (Fsp3) is 0.600. The molecule has 0 rings (SSSR count). The average Bonchev–Trinajstić information content (AvgIpc) is 1.99. The van der Waals surface area contributed by atoms with Crippen LogP contribution in [0.5, 0.6) is 0 Å². The maximum absolute atomic E-state index is 10.4. The van der Waals surface area contributed by atoms with E-state index in [0.29, 0.717) is 12.3 Å². The van der Waals surface area contributed by atoms with Gasteiger partial charge in [0.1, 0.15) is 0 Å². The van der Waals surface area contributed by atoms with Crippen molar-refractivity contribution in [1.82, 2.24) is 5.43 Å². The van der Waals surface area contributed by atoms with Gasteiger partial charge in [-0.3, -0.25) is 0 Å². The maximum atomic E-state index is 10.4. The predicted molar refractivity (Wildman–Crippen MR) is 37.7 cm³/mol. The van der Waals surface area contributed by atoms with Crippen molar-refractivity contribution < 1.29 is 9.53 Å². The average molecular weight is 145 g/mol. The van der Waals surface area contributed by atoms with Gasteiger partial charge < -0.3 is 10.5 Å². The number of ether oxygens (including phenoxy) is 1. The van der Waals surface area contributed by atoms with Gasteiger partial charge in [0, 0.05) is 12.3 Å². The number of carbonyl (C=O) groups is 1. The van der Waals surface area contributed by atoms with Crippen molar-refractivity contribution in [2.24, 2.45) is 10.8 Å².